The Morgan fingerprint density at radius 1 is 1.26 bits per heavy atom. The van der Waals surface area contributed by atoms with Gasteiger partial charge < -0.3 is 5.32 Å². The van der Waals surface area contributed by atoms with E-state index in [9.17, 15) is 4.79 Å². The molecule has 0 saturated carbocycles. The Hall–Kier alpha value is -0.880. The lowest BCUT2D eigenvalue weighted by atomic mass is 10.1. The van der Waals surface area contributed by atoms with Crippen molar-refractivity contribution >= 4 is 39.8 Å². The molecule has 1 heterocycles. The second-order valence-electron chi connectivity index (χ2n) is 4.60. The topological polar surface area (TPSA) is 29.1 Å². The van der Waals surface area contributed by atoms with Crippen molar-refractivity contribution in [3.63, 3.8) is 0 Å². The zero-order valence-corrected chi connectivity index (χ0v) is 13.9. The highest BCUT2D eigenvalue weighted by Crippen LogP contribution is 2.17. The van der Waals surface area contributed by atoms with Crippen LogP contribution in [0.5, 0.6) is 0 Å². The summed E-state index contributed by atoms with van der Waals surface area (Å²) in [6.07, 6.45) is 0.884. The number of hydrogen-bond donors (Lipinski definition) is 1. The number of benzene rings is 1. The zero-order chi connectivity index (χ0) is 13.8. The SMILES string of the molecule is Cc1ccc(CC(C)NC(=O)c2ccc(I)cc2)s1. The maximum Gasteiger partial charge on any atom is 0.251 e. The summed E-state index contributed by atoms with van der Waals surface area (Å²) in [4.78, 5) is 14.7. The number of aryl methyl sites for hydroxylation is 1. The van der Waals surface area contributed by atoms with E-state index in [0.717, 1.165) is 15.6 Å². The van der Waals surface area contributed by atoms with Crippen molar-refractivity contribution in [1.82, 2.24) is 5.32 Å². The van der Waals surface area contributed by atoms with Gasteiger partial charge in [-0.05, 0) is 72.8 Å². The van der Waals surface area contributed by atoms with Crippen LogP contribution in [0.2, 0.25) is 0 Å². The molecule has 19 heavy (non-hydrogen) atoms. The molecule has 0 fully saturated rings. The van der Waals surface area contributed by atoms with Gasteiger partial charge in [0.1, 0.15) is 0 Å². The highest BCUT2D eigenvalue weighted by Gasteiger charge is 2.10. The molecular weight excluding hydrogens is 369 g/mol. The van der Waals surface area contributed by atoms with Crippen LogP contribution >= 0.6 is 33.9 Å². The van der Waals surface area contributed by atoms with Crippen molar-refractivity contribution in [2.24, 2.45) is 0 Å². The lowest BCUT2D eigenvalue weighted by Crippen LogP contribution is -2.33. The van der Waals surface area contributed by atoms with E-state index < -0.39 is 0 Å². The van der Waals surface area contributed by atoms with Crippen LogP contribution in [-0.2, 0) is 6.42 Å². The first-order valence-electron chi connectivity index (χ1n) is 6.16. The Morgan fingerprint density at radius 2 is 1.95 bits per heavy atom. The Balaban J connectivity index is 1.93. The number of nitrogens with one attached hydrogen (secondary N) is 1. The highest BCUT2D eigenvalue weighted by atomic mass is 127. The average molecular weight is 385 g/mol. The minimum Gasteiger partial charge on any atom is -0.349 e. The minimum absolute atomic E-state index is 0.00261. The van der Waals surface area contributed by atoms with Crippen LogP contribution in [0.1, 0.15) is 27.0 Å². The molecule has 1 N–H and O–H groups in total. The van der Waals surface area contributed by atoms with Crippen molar-refractivity contribution < 1.29 is 4.79 Å². The van der Waals surface area contributed by atoms with Gasteiger partial charge in [0.05, 0.1) is 0 Å². The number of amides is 1. The van der Waals surface area contributed by atoms with E-state index in [-0.39, 0.29) is 11.9 Å². The molecule has 1 aromatic carbocycles. The first-order chi connectivity index (χ1) is 9.04. The summed E-state index contributed by atoms with van der Waals surface area (Å²) in [6.45, 7) is 4.14. The van der Waals surface area contributed by atoms with Gasteiger partial charge in [0.15, 0.2) is 0 Å². The van der Waals surface area contributed by atoms with Gasteiger partial charge in [-0.25, -0.2) is 0 Å². The Bertz CT molecular complexity index is 562. The predicted molar refractivity (Wildman–Crippen MR) is 88.8 cm³/mol. The first-order valence-corrected chi connectivity index (χ1v) is 8.06. The normalized spacial score (nSPS) is 12.2. The van der Waals surface area contributed by atoms with Crippen molar-refractivity contribution in [2.75, 3.05) is 0 Å². The number of carbonyl (C=O) groups is 1. The molecule has 0 aliphatic heterocycles. The molecule has 1 amide bonds. The third-order valence-corrected chi connectivity index (χ3v) is 4.53. The molecule has 2 rings (SSSR count). The molecule has 2 nitrogen and oxygen atoms in total. The lowest BCUT2D eigenvalue weighted by molar-refractivity contribution is 0.0940. The van der Waals surface area contributed by atoms with Crippen molar-refractivity contribution in [1.29, 1.82) is 0 Å². The van der Waals surface area contributed by atoms with Gasteiger partial charge in [-0.15, -0.1) is 11.3 Å². The summed E-state index contributed by atoms with van der Waals surface area (Å²) in [7, 11) is 0. The fourth-order valence-corrected chi connectivity index (χ4v) is 3.23. The summed E-state index contributed by atoms with van der Waals surface area (Å²) in [5.74, 6) is -0.00261. The largest absolute Gasteiger partial charge is 0.349 e. The maximum atomic E-state index is 12.1. The molecule has 0 radical (unpaired) electrons. The molecule has 0 bridgehead atoms. The van der Waals surface area contributed by atoms with Crippen LogP contribution in [0.3, 0.4) is 0 Å². The predicted octanol–water partition coefficient (Wildman–Crippen LogP) is 4.02. The summed E-state index contributed by atoms with van der Waals surface area (Å²) in [6, 6.07) is 12.0. The quantitative estimate of drug-likeness (QED) is 0.792. The van der Waals surface area contributed by atoms with E-state index >= 15 is 0 Å². The molecule has 0 aliphatic carbocycles. The Kier molecular flexibility index (Phi) is 4.99. The van der Waals surface area contributed by atoms with Gasteiger partial charge >= 0.3 is 0 Å². The molecular formula is C15H16INOS. The van der Waals surface area contributed by atoms with Crippen molar-refractivity contribution in [2.45, 2.75) is 26.3 Å². The molecule has 0 spiro atoms. The summed E-state index contributed by atoms with van der Waals surface area (Å²) in [5.41, 5.74) is 0.717. The average Bonchev–Trinajstić information content (AvgIpc) is 2.75. The summed E-state index contributed by atoms with van der Waals surface area (Å²) in [5, 5.41) is 3.04. The number of hydrogen-bond acceptors (Lipinski definition) is 2. The van der Waals surface area contributed by atoms with Gasteiger partial charge in [-0.2, -0.15) is 0 Å². The smallest absolute Gasteiger partial charge is 0.251 e. The summed E-state index contributed by atoms with van der Waals surface area (Å²) < 4.78 is 1.14. The monoisotopic (exact) mass is 385 g/mol. The van der Waals surface area contributed by atoms with Crippen LogP contribution in [0, 0.1) is 10.5 Å². The van der Waals surface area contributed by atoms with E-state index in [4.69, 9.17) is 0 Å². The maximum absolute atomic E-state index is 12.1. The van der Waals surface area contributed by atoms with Gasteiger partial charge in [-0.3, -0.25) is 4.79 Å². The standard InChI is InChI=1S/C15H16INOS/c1-10(9-14-8-3-11(2)19-14)17-15(18)12-4-6-13(16)7-5-12/h3-8,10H,9H2,1-2H3,(H,17,18). The molecule has 100 valence electrons. The van der Waals surface area contributed by atoms with E-state index in [1.54, 1.807) is 11.3 Å². The zero-order valence-electron chi connectivity index (χ0n) is 10.9. The lowest BCUT2D eigenvalue weighted by Gasteiger charge is -2.13. The first kappa shape index (κ1) is 14.5. The van der Waals surface area contributed by atoms with Gasteiger partial charge in [0.25, 0.3) is 5.91 Å². The Labute approximate surface area is 131 Å². The van der Waals surface area contributed by atoms with Crippen LogP contribution in [0.4, 0.5) is 0 Å². The van der Waals surface area contributed by atoms with Crippen molar-refractivity contribution in [3.8, 4) is 0 Å². The van der Waals surface area contributed by atoms with Gasteiger partial charge in [-0.1, -0.05) is 0 Å². The fourth-order valence-electron chi connectivity index (χ4n) is 1.86. The van der Waals surface area contributed by atoms with E-state index in [2.05, 4.69) is 47.0 Å². The third kappa shape index (κ3) is 4.31. The number of carbonyl (C=O) groups excluding carboxylic acids is 1. The van der Waals surface area contributed by atoms with E-state index in [0.29, 0.717) is 0 Å². The minimum atomic E-state index is -0.00261. The van der Waals surface area contributed by atoms with Gasteiger partial charge in [0.2, 0.25) is 0 Å². The van der Waals surface area contributed by atoms with E-state index in [1.807, 2.05) is 31.2 Å². The van der Waals surface area contributed by atoms with Gasteiger partial charge in [0, 0.05) is 31.4 Å². The Morgan fingerprint density at radius 3 is 2.53 bits per heavy atom. The fraction of sp³-hybridized carbons (Fsp3) is 0.267. The molecule has 0 aliphatic rings. The second kappa shape index (κ2) is 6.52. The molecule has 1 unspecified atom stereocenters. The molecule has 1 atom stereocenters. The van der Waals surface area contributed by atoms with Crippen LogP contribution < -0.4 is 5.32 Å². The number of rotatable bonds is 4. The third-order valence-electron chi connectivity index (χ3n) is 2.79. The molecule has 0 saturated heterocycles. The second-order valence-corrected chi connectivity index (χ2v) is 7.22. The molecule has 4 heteroatoms. The summed E-state index contributed by atoms with van der Waals surface area (Å²) >= 11 is 4.02. The molecule has 1 aromatic heterocycles. The number of thiophene rings is 1. The van der Waals surface area contributed by atoms with Crippen LogP contribution in [0.15, 0.2) is 36.4 Å². The van der Waals surface area contributed by atoms with E-state index in [1.165, 1.54) is 9.75 Å². The highest BCUT2D eigenvalue weighted by molar-refractivity contribution is 14.1. The van der Waals surface area contributed by atoms with Crippen LogP contribution in [0.25, 0.3) is 0 Å². The number of halogens is 1. The van der Waals surface area contributed by atoms with Crippen LogP contribution in [-0.4, -0.2) is 11.9 Å². The molecule has 2 aromatic rings. The van der Waals surface area contributed by atoms with Crippen molar-refractivity contribution in [3.05, 3.63) is 55.3 Å².